The fraction of sp³-hybridized carbons (Fsp3) is 0.0909. The first-order chi connectivity index (χ1) is 7.36. The van der Waals surface area contributed by atoms with E-state index in [1.807, 2.05) is 24.3 Å². The molecule has 0 saturated heterocycles. The molecule has 0 atom stereocenters. The van der Waals surface area contributed by atoms with E-state index in [2.05, 4.69) is 15.9 Å². The van der Waals surface area contributed by atoms with E-state index in [9.17, 15) is 0 Å². The van der Waals surface area contributed by atoms with E-state index < -0.39 is 0 Å². The van der Waals surface area contributed by atoms with Crippen molar-refractivity contribution >= 4 is 15.9 Å². The van der Waals surface area contributed by atoms with Gasteiger partial charge >= 0.3 is 0 Å². The predicted molar refractivity (Wildman–Crippen MR) is 58.0 cm³/mol. The van der Waals surface area contributed by atoms with Gasteiger partial charge < -0.3 is 13.9 Å². The molecule has 1 aromatic heterocycles. The standard InChI is InChI=1S/C11H7BrO3/c12-7-3-4-9-11(15-6-14-9)10(7)8-2-1-5-13-8/h1-5H,6H2. The number of furan rings is 1. The summed E-state index contributed by atoms with van der Waals surface area (Å²) in [4.78, 5) is 0. The van der Waals surface area contributed by atoms with Crippen molar-refractivity contribution in [2.24, 2.45) is 0 Å². The van der Waals surface area contributed by atoms with Crippen LogP contribution in [0.25, 0.3) is 11.3 Å². The van der Waals surface area contributed by atoms with Gasteiger partial charge in [0.2, 0.25) is 6.79 Å². The van der Waals surface area contributed by atoms with Crippen LogP contribution in [0.3, 0.4) is 0 Å². The first-order valence-electron chi connectivity index (χ1n) is 4.48. The second kappa shape index (κ2) is 3.31. The highest BCUT2D eigenvalue weighted by atomic mass is 79.9. The maximum atomic E-state index is 5.42. The molecule has 15 heavy (non-hydrogen) atoms. The number of ether oxygens (including phenoxy) is 2. The van der Waals surface area contributed by atoms with E-state index in [1.54, 1.807) is 6.26 Å². The third-order valence-electron chi connectivity index (χ3n) is 2.26. The summed E-state index contributed by atoms with van der Waals surface area (Å²) in [5, 5.41) is 0. The lowest BCUT2D eigenvalue weighted by Crippen LogP contribution is -1.93. The summed E-state index contributed by atoms with van der Waals surface area (Å²) in [6, 6.07) is 7.53. The molecule has 0 radical (unpaired) electrons. The van der Waals surface area contributed by atoms with Crippen LogP contribution < -0.4 is 9.47 Å². The molecule has 2 aromatic rings. The Kier molecular flexibility index (Phi) is 1.95. The van der Waals surface area contributed by atoms with E-state index in [4.69, 9.17) is 13.9 Å². The van der Waals surface area contributed by atoms with E-state index in [-0.39, 0.29) is 6.79 Å². The molecular formula is C11H7BrO3. The molecule has 0 fully saturated rings. The van der Waals surface area contributed by atoms with Crippen molar-refractivity contribution < 1.29 is 13.9 Å². The summed E-state index contributed by atoms with van der Waals surface area (Å²) in [7, 11) is 0. The minimum atomic E-state index is 0.263. The molecule has 1 aliphatic rings. The molecule has 2 heterocycles. The number of hydrogen-bond acceptors (Lipinski definition) is 3. The Balaban J connectivity index is 2.26. The van der Waals surface area contributed by atoms with Gasteiger partial charge in [0.1, 0.15) is 5.76 Å². The quantitative estimate of drug-likeness (QED) is 0.793. The summed E-state index contributed by atoms with van der Waals surface area (Å²) >= 11 is 3.48. The van der Waals surface area contributed by atoms with Crippen LogP contribution in [0.2, 0.25) is 0 Å². The van der Waals surface area contributed by atoms with E-state index >= 15 is 0 Å². The topological polar surface area (TPSA) is 31.6 Å². The average Bonchev–Trinajstić information content (AvgIpc) is 2.85. The maximum absolute atomic E-state index is 5.42. The first kappa shape index (κ1) is 8.85. The molecule has 1 aromatic carbocycles. The minimum Gasteiger partial charge on any atom is -0.464 e. The summed E-state index contributed by atoms with van der Waals surface area (Å²) in [6.07, 6.45) is 1.64. The van der Waals surface area contributed by atoms with Crippen LogP contribution in [0.4, 0.5) is 0 Å². The normalized spacial score (nSPS) is 13.1. The predicted octanol–water partition coefficient (Wildman–Crippen LogP) is 3.44. The zero-order valence-electron chi connectivity index (χ0n) is 7.70. The fourth-order valence-corrected chi connectivity index (χ4v) is 2.11. The Morgan fingerprint density at radius 3 is 2.87 bits per heavy atom. The first-order valence-corrected chi connectivity index (χ1v) is 5.27. The highest BCUT2D eigenvalue weighted by Crippen LogP contribution is 2.45. The van der Waals surface area contributed by atoms with Crippen LogP contribution in [0.5, 0.6) is 11.5 Å². The van der Waals surface area contributed by atoms with Gasteiger partial charge in [-0.1, -0.05) is 0 Å². The van der Waals surface area contributed by atoms with Crippen molar-refractivity contribution in [3.8, 4) is 22.8 Å². The Bertz CT molecular complexity index is 491. The van der Waals surface area contributed by atoms with E-state index in [0.717, 1.165) is 27.3 Å². The number of hydrogen-bond donors (Lipinski definition) is 0. The molecule has 0 amide bonds. The summed E-state index contributed by atoms with van der Waals surface area (Å²) in [5.74, 6) is 2.26. The molecule has 76 valence electrons. The molecule has 3 nitrogen and oxygen atoms in total. The highest BCUT2D eigenvalue weighted by Gasteiger charge is 2.22. The third-order valence-corrected chi connectivity index (χ3v) is 2.92. The van der Waals surface area contributed by atoms with Crippen LogP contribution >= 0.6 is 15.9 Å². The lowest BCUT2D eigenvalue weighted by molar-refractivity contribution is 0.174. The lowest BCUT2D eigenvalue weighted by atomic mass is 10.1. The Labute approximate surface area is 94.7 Å². The van der Waals surface area contributed by atoms with Gasteiger partial charge in [0.05, 0.1) is 11.8 Å². The van der Waals surface area contributed by atoms with E-state index in [1.165, 1.54) is 0 Å². The monoisotopic (exact) mass is 266 g/mol. The Morgan fingerprint density at radius 1 is 1.13 bits per heavy atom. The third kappa shape index (κ3) is 1.33. The van der Waals surface area contributed by atoms with Crippen LogP contribution in [0.1, 0.15) is 0 Å². The zero-order valence-corrected chi connectivity index (χ0v) is 9.28. The van der Waals surface area contributed by atoms with Crippen molar-refractivity contribution in [1.82, 2.24) is 0 Å². The highest BCUT2D eigenvalue weighted by molar-refractivity contribution is 9.10. The van der Waals surface area contributed by atoms with Gasteiger partial charge in [0.25, 0.3) is 0 Å². The van der Waals surface area contributed by atoms with Gasteiger partial charge in [-0.15, -0.1) is 0 Å². The number of benzene rings is 1. The number of halogens is 1. The molecule has 1 aliphatic heterocycles. The number of rotatable bonds is 1. The average molecular weight is 267 g/mol. The summed E-state index contributed by atoms with van der Waals surface area (Å²) in [5.41, 5.74) is 0.898. The summed E-state index contributed by atoms with van der Waals surface area (Å²) in [6.45, 7) is 0.263. The number of fused-ring (bicyclic) bond motifs is 1. The maximum Gasteiger partial charge on any atom is 0.231 e. The van der Waals surface area contributed by atoms with Crippen LogP contribution in [-0.2, 0) is 0 Å². The minimum absolute atomic E-state index is 0.263. The fourth-order valence-electron chi connectivity index (χ4n) is 1.60. The zero-order chi connectivity index (χ0) is 10.3. The second-order valence-electron chi connectivity index (χ2n) is 3.13. The van der Waals surface area contributed by atoms with Crippen molar-refractivity contribution in [3.05, 3.63) is 35.0 Å². The van der Waals surface area contributed by atoms with Crippen LogP contribution in [0, 0.1) is 0 Å². The Morgan fingerprint density at radius 2 is 2.07 bits per heavy atom. The molecular weight excluding hydrogens is 260 g/mol. The van der Waals surface area contributed by atoms with Crippen molar-refractivity contribution in [1.29, 1.82) is 0 Å². The lowest BCUT2D eigenvalue weighted by Gasteiger charge is -2.05. The van der Waals surface area contributed by atoms with Gasteiger partial charge in [-0.05, 0) is 40.2 Å². The molecule has 0 spiro atoms. The summed E-state index contributed by atoms with van der Waals surface area (Å²) < 4.78 is 17.0. The van der Waals surface area contributed by atoms with E-state index in [0.29, 0.717) is 0 Å². The molecule has 3 rings (SSSR count). The Hall–Kier alpha value is -1.42. The van der Waals surface area contributed by atoms with Crippen molar-refractivity contribution in [2.75, 3.05) is 6.79 Å². The van der Waals surface area contributed by atoms with Gasteiger partial charge in [0.15, 0.2) is 11.5 Å². The molecule has 4 heteroatoms. The largest absolute Gasteiger partial charge is 0.464 e. The smallest absolute Gasteiger partial charge is 0.231 e. The molecule has 0 unspecified atom stereocenters. The van der Waals surface area contributed by atoms with Crippen molar-refractivity contribution in [3.63, 3.8) is 0 Å². The molecule has 0 bridgehead atoms. The molecule has 0 N–H and O–H groups in total. The van der Waals surface area contributed by atoms with Crippen LogP contribution in [0.15, 0.2) is 39.4 Å². The van der Waals surface area contributed by atoms with Crippen molar-refractivity contribution in [2.45, 2.75) is 0 Å². The van der Waals surface area contributed by atoms with Crippen LogP contribution in [-0.4, -0.2) is 6.79 Å². The second-order valence-corrected chi connectivity index (χ2v) is 3.99. The van der Waals surface area contributed by atoms with Gasteiger partial charge in [0, 0.05) is 4.47 Å². The van der Waals surface area contributed by atoms with Gasteiger partial charge in [-0.25, -0.2) is 0 Å². The van der Waals surface area contributed by atoms with Gasteiger partial charge in [-0.2, -0.15) is 0 Å². The van der Waals surface area contributed by atoms with Gasteiger partial charge in [-0.3, -0.25) is 0 Å². The molecule has 0 aliphatic carbocycles. The SMILES string of the molecule is Brc1ccc2c(c1-c1ccco1)OCO2. The molecule has 0 saturated carbocycles.